The number of hydrogen-bond acceptors (Lipinski definition) is 6. The summed E-state index contributed by atoms with van der Waals surface area (Å²) in [6, 6.07) is 5.54. The highest BCUT2D eigenvalue weighted by atomic mass is 16.5. The van der Waals surface area contributed by atoms with E-state index in [9.17, 15) is 14.4 Å². The Bertz CT molecular complexity index is 975. The molecule has 1 aromatic carbocycles. The number of rotatable bonds is 5. The number of anilines is 1. The molecule has 1 N–H and O–H groups in total. The molecule has 0 spiro atoms. The number of amides is 1. The number of pyridine rings is 1. The van der Waals surface area contributed by atoms with Crippen LogP contribution >= 0.6 is 0 Å². The van der Waals surface area contributed by atoms with Crippen molar-refractivity contribution in [3.63, 3.8) is 0 Å². The Morgan fingerprint density at radius 3 is 2.45 bits per heavy atom. The molecule has 1 aliphatic rings. The predicted molar refractivity (Wildman–Crippen MR) is 112 cm³/mol. The van der Waals surface area contributed by atoms with Crippen LogP contribution in [0.5, 0.6) is 0 Å². The number of H-pyrrole nitrogens is 1. The van der Waals surface area contributed by atoms with Crippen molar-refractivity contribution in [2.45, 2.75) is 20.4 Å². The lowest BCUT2D eigenvalue weighted by atomic mass is 10.1. The van der Waals surface area contributed by atoms with Crippen molar-refractivity contribution in [3.8, 4) is 0 Å². The first-order valence-corrected chi connectivity index (χ1v) is 9.83. The molecule has 1 amide bonds. The maximum atomic E-state index is 13.3. The lowest BCUT2D eigenvalue weighted by Crippen LogP contribution is -2.48. The minimum atomic E-state index is -0.527. The minimum Gasteiger partial charge on any atom is -0.461 e. The normalized spacial score (nSPS) is 14.8. The number of benzene rings is 1. The monoisotopic (exact) mass is 400 g/mol. The zero-order chi connectivity index (χ0) is 21.1. The van der Waals surface area contributed by atoms with Crippen molar-refractivity contribution >= 4 is 28.5 Å². The van der Waals surface area contributed by atoms with E-state index in [1.54, 1.807) is 18.7 Å². The van der Waals surface area contributed by atoms with Gasteiger partial charge >= 0.3 is 5.97 Å². The largest absolute Gasteiger partial charge is 0.461 e. The van der Waals surface area contributed by atoms with Gasteiger partial charge < -0.3 is 19.5 Å². The van der Waals surface area contributed by atoms with E-state index in [1.807, 2.05) is 37.2 Å². The van der Waals surface area contributed by atoms with Gasteiger partial charge in [-0.1, -0.05) is 0 Å². The fourth-order valence-electron chi connectivity index (χ4n) is 3.57. The third kappa shape index (κ3) is 4.42. The summed E-state index contributed by atoms with van der Waals surface area (Å²) in [4.78, 5) is 46.4. The van der Waals surface area contributed by atoms with Crippen molar-refractivity contribution in [2.24, 2.45) is 0 Å². The quantitative estimate of drug-likeness (QED) is 0.765. The van der Waals surface area contributed by atoms with Gasteiger partial charge in [-0.15, -0.1) is 0 Å². The van der Waals surface area contributed by atoms with Crippen LogP contribution in [0, 0.1) is 0 Å². The Hall–Kier alpha value is -2.87. The standard InChI is InChI=1S/C21H28N4O4/c1-5-29-21(28)19-17(13-24-8-10-25(11-9-24)14(2)26)20(27)16-12-15(23(3)4)6-7-18(16)22-19/h6-7,12H,5,8-11,13H2,1-4H3,(H,22,27). The molecule has 0 saturated carbocycles. The molecule has 1 aliphatic heterocycles. The van der Waals surface area contributed by atoms with E-state index in [0.29, 0.717) is 49.2 Å². The molecule has 3 rings (SSSR count). The first-order chi connectivity index (χ1) is 13.8. The van der Waals surface area contributed by atoms with Gasteiger partial charge in [0.25, 0.3) is 0 Å². The fraction of sp³-hybridized carbons (Fsp3) is 0.476. The summed E-state index contributed by atoms with van der Waals surface area (Å²) >= 11 is 0. The molecule has 2 heterocycles. The number of aromatic nitrogens is 1. The zero-order valence-electron chi connectivity index (χ0n) is 17.4. The zero-order valence-corrected chi connectivity index (χ0v) is 17.4. The molecule has 1 fully saturated rings. The highest BCUT2D eigenvalue weighted by Gasteiger charge is 2.24. The number of carbonyl (C=O) groups is 2. The van der Waals surface area contributed by atoms with Crippen molar-refractivity contribution in [2.75, 3.05) is 51.8 Å². The average molecular weight is 400 g/mol. The van der Waals surface area contributed by atoms with Gasteiger partial charge in [0, 0.05) is 70.4 Å². The van der Waals surface area contributed by atoms with Crippen molar-refractivity contribution in [3.05, 3.63) is 39.7 Å². The molecule has 2 aromatic rings. The fourth-order valence-corrected chi connectivity index (χ4v) is 3.57. The first-order valence-electron chi connectivity index (χ1n) is 9.83. The Balaban J connectivity index is 2.01. The SMILES string of the molecule is CCOC(=O)c1[nH]c2ccc(N(C)C)cc2c(=O)c1CN1CCN(C(C)=O)CC1. The highest BCUT2D eigenvalue weighted by molar-refractivity contribution is 5.93. The first kappa shape index (κ1) is 20.9. The highest BCUT2D eigenvalue weighted by Crippen LogP contribution is 2.20. The molecular weight excluding hydrogens is 372 g/mol. The number of piperazine rings is 1. The van der Waals surface area contributed by atoms with E-state index in [-0.39, 0.29) is 23.6 Å². The Morgan fingerprint density at radius 2 is 1.86 bits per heavy atom. The van der Waals surface area contributed by atoms with E-state index in [2.05, 4.69) is 9.88 Å². The topological polar surface area (TPSA) is 85.9 Å². The minimum absolute atomic E-state index is 0.0524. The lowest BCUT2D eigenvalue weighted by Gasteiger charge is -2.34. The van der Waals surface area contributed by atoms with Gasteiger partial charge in [0.05, 0.1) is 12.1 Å². The smallest absolute Gasteiger partial charge is 0.355 e. The van der Waals surface area contributed by atoms with Gasteiger partial charge in [-0.3, -0.25) is 14.5 Å². The van der Waals surface area contributed by atoms with Crippen molar-refractivity contribution in [1.29, 1.82) is 0 Å². The molecular formula is C21H28N4O4. The molecule has 8 nitrogen and oxygen atoms in total. The third-order valence-electron chi connectivity index (χ3n) is 5.28. The van der Waals surface area contributed by atoms with Crippen LogP contribution in [-0.4, -0.2) is 73.5 Å². The number of esters is 1. The van der Waals surface area contributed by atoms with Gasteiger partial charge in [0.2, 0.25) is 5.91 Å². The maximum absolute atomic E-state index is 13.3. The van der Waals surface area contributed by atoms with E-state index >= 15 is 0 Å². The van der Waals surface area contributed by atoms with Crippen LogP contribution in [-0.2, 0) is 16.1 Å². The summed E-state index contributed by atoms with van der Waals surface area (Å²) in [5, 5.41) is 0.543. The molecule has 8 heteroatoms. The number of fused-ring (bicyclic) bond motifs is 1. The maximum Gasteiger partial charge on any atom is 0.355 e. The summed E-state index contributed by atoms with van der Waals surface area (Å²) in [6.45, 7) is 6.38. The molecule has 0 aliphatic carbocycles. The van der Waals surface area contributed by atoms with Crippen molar-refractivity contribution in [1.82, 2.24) is 14.8 Å². The third-order valence-corrected chi connectivity index (χ3v) is 5.28. The van der Waals surface area contributed by atoms with Crippen LogP contribution in [0.15, 0.2) is 23.0 Å². The summed E-state index contributed by atoms with van der Waals surface area (Å²) in [5.74, 6) is -0.475. The van der Waals surface area contributed by atoms with Gasteiger partial charge in [-0.2, -0.15) is 0 Å². The molecule has 1 aromatic heterocycles. The van der Waals surface area contributed by atoms with Crippen LogP contribution in [0.25, 0.3) is 10.9 Å². The lowest BCUT2D eigenvalue weighted by molar-refractivity contribution is -0.130. The Kier molecular flexibility index (Phi) is 6.22. The van der Waals surface area contributed by atoms with Gasteiger partial charge in [0.15, 0.2) is 5.43 Å². The van der Waals surface area contributed by atoms with E-state index < -0.39 is 5.97 Å². The molecule has 156 valence electrons. The van der Waals surface area contributed by atoms with Crippen LogP contribution < -0.4 is 10.3 Å². The average Bonchev–Trinajstić information content (AvgIpc) is 2.70. The number of hydrogen-bond donors (Lipinski definition) is 1. The molecule has 29 heavy (non-hydrogen) atoms. The van der Waals surface area contributed by atoms with E-state index in [4.69, 9.17) is 4.74 Å². The van der Waals surface area contributed by atoms with Crippen molar-refractivity contribution < 1.29 is 14.3 Å². The number of aromatic amines is 1. The molecule has 1 saturated heterocycles. The second-order valence-corrected chi connectivity index (χ2v) is 7.43. The predicted octanol–water partition coefficient (Wildman–Crippen LogP) is 1.43. The summed E-state index contributed by atoms with van der Waals surface area (Å²) in [5.41, 5.74) is 1.96. The van der Waals surface area contributed by atoms with Gasteiger partial charge in [0.1, 0.15) is 5.69 Å². The van der Waals surface area contributed by atoms with Crippen LogP contribution in [0.1, 0.15) is 29.9 Å². The number of nitrogens with one attached hydrogen (secondary N) is 1. The second kappa shape index (κ2) is 8.65. The van der Waals surface area contributed by atoms with Gasteiger partial charge in [-0.25, -0.2) is 4.79 Å². The summed E-state index contributed by atoms with van der Waals surface area (Å²) < 4.78 is 5.18. The molecule has 0 unspecified atom stereocenters. The number of carbonyl (C=O) groups excluding carboxylic acids is 2. The summed E-state index contributed by atoms with van der Waals surface area (Å²) in [6.07, 6.45) is 0. The Labute approximate surface area is 170 Å². The van der Waals surface area contributed by atoms with Crippen LogP contribution in [0.2, 0.25) is 0 Å². The molecule has 0 atom stereocenters. The second-order valence-electron chi connectivity index (χ2n) is 7.43. The summed E-state index contributed by atoms with van der Waals surface area (Å²) in [7, 11) is 3.83. The van der Waals surface area contributed by atoms with E-state index in [1.165, 1.54) is 0 Å². The van der Waals surface area contributed by atoms with Crippen LogP contribution in [0.3, 0.4) is 0 Å². The molecule has 0 radical (unpaired) electrons. The molecule has 0 bridgehead atoms. The number of ether oxygens (including phenoxy) is 1. The Morgan fingerprint density at radius 1 is 1.17 bits per heavy atom. The van der Waals surface area contributed by atoms with Crippen LogP contribution in [0.4, 0.5) is 5.69 Å². The van der Waals surface area contributed by atoms with E-state index in [0.717, 1.165) is 5.69 Å². The van der Waals surface area contributed by atoms with Gasteiger partial charge in [-0.05, 0) is 25.1 Å². The number of nitrogens with zero attached hydrogens (tertiary/aromatic N) is 3.